The first-order valence-corrected chi connectivity index (χ1v) is 6.23. The van der Waals surface area contributed by atoms with Crippen LogP contribution in [0.15, 0.2) is 12.1 Å². The number of carbonyl (C=O) groups excluding carboxylic acids is 2. The first-order chi connectivity index (χ1) is 8.93. The van der Waals surface area contributed by atoms with Crippen LogP contribution in [0.4, 0.5) is 0 Å². The SMILES string of the molecule is Cc1ccc(C(=O)NCC(=O)N[C@H](CO)C(=O)O)s1. The highest BCUT2D eigenvalue weighted by Crippen LogP contribution is 2.14. The molecule has 0 fully saturated rings. The molecule has 0 saturated heterocycles. The molecule has 0 radical (unpaired) electrons. The highest BCUT2D eigenvalue weighted by molar-refractivity contribution is 7.13. The Labute approximate surface area is 113 Å². The van der Waals surface area contributed by atoms with Gasteiger partial charge >= 0.3 is 5.97 Å². The van der Waals surface area contributed by atoms with Gasteiger partial charge in [0.25, 0.3) is 5.91 Å². The maximum atomic E-state index is 11.6. The smallest absolute Gasteiger partial charge is 0.328 e. The van der Waals surface area contributed by atoms with Crippen molar-refractivity contribution in [3.63, 3.8) is 0 Å². The van der Waals surface area contributed by atoms with E-state index >= 15 is 0 Å². The van der Waals surface area contributed by atoms with Crippen LogP contribution in [0.2, 0.25) is 0 Å². The fraction of sp³-hybridized carbons (Fsp3) is 0.364. The van der Waals surface area contributed by atoms with Crippen molar-refractivity contribution in [2.24, 2.45) is 0 Å². The third-order valence-electron chi connectivity index (χ3n) is 2.19. The maximum Gasteiger partial charge on any atom is 0.328 e. The van der Waals surface area contributed by atoms with Gasteiger partial charge < -0.3 is 20.8 Å². The van der Waals surface area contributed by atoms with Crippen molar-refractivity contribution < 1.29 is 24.6 Å². The van der Waals surface area contributed by atoms with Crippen LogP contribution < -0.4 is 10.6 Å². The molecular formula is C11H14N2O5S. The van der Waals surface area contributed by atoms with Crippen LogP contribution in [0.3, 0.4) is 0 Å². The van der Waals surface area contributed by atoms with E-state index in [1.807, 2.05) is 6.92 Å². The number of carboxylic acid groups (broad SMARTS) is 1. The zero-order valence-electron chi connectivity index (χ0n) is 10.2. The summed E-state index contributed by atoms with van der Waals surface area (Å²) in [4.78, 5) is 35.0. The van der Waals surface area contributed by atoms with E-state index in [1.165, 1.54) is 11.3 Å². The van der Waals surface area contributed by atoms with E-state index in [2.05, 4.69) is 10.6 Å². The summed E-state index contributed by atoms with van der Waals surface area (Å²) in [6, 6.07) is 2.06. The molecule has 2 amide bonds. The molecule has 0 aliphatic carbocycles. The van der Waals surface area contributed by atoms with Crippen molar-refractivity contribution in [2.75, 3.05) is 13.2 Å². The van der Waals surface area contributed by atoms with Gasteiger partial charge in [-0.3, -0.25) is 9.59 Å². The predicted octanol–water partition coefficient (Wildman–Crippen LogP) is -0.652. The predicted molar refractivity (Wildman–Crippen MR) is 68.0 cm³/mol. The average Bonchev–Trinajstić information content (AvgIpc) is 2.79. The number of aryl methyl sites for hydroxylation is 1. The Morgan fingerprint density at radius 1 is 1.37 bits per heavy atom. The van der Waals surface area contributed by atoms with Gasteiger partial charge in [-0.25, -0.2) is 4.79 Å². The van der Waals surface area contributed by atoms with Crippen molar-refractivity contribution in [1.29, 1.82) is 0 Å². The minimum atomic E-state index is -1.37. The van der Waals surface area contributed by atoms with E-state index in [0.29, 0.717) is 4.88 Å². The maximum absolute atomic E-state index is 11.6. The van der Waals surface area contributed by atoms with Gasteiger partial charge in [-0.2, -0.15) is 0 Å². The molecule has 1 aromatic rings. The Balaban J connectivity index is 2.42. The number of hydrogen-bond donors (Lipinski definition) is 4. The van der Waals surface area contributed by atoms with Gasteiger partial charge in [0.05, 0.1) is 18.0 Å². The quantitative estimate of drug-likeness (QED) is 0.554. The molecule has 0 saturated carbocycles. The van der Waals surface area contributed by atoms with Crippen LogP contribution in [-0.2, 0) is 9.59 Å². The van der Waals surface area contributed by atoms with E-state index in [1.54, 1.807) is 12.1 Å². The second-order valence-corrected chi connectivity index (χ2v) is 5.02. The van der Waals surface area contributed by atoms with Gasteiger partial charge in [-0.1, -0.05) is 0 Å². The molecule has 0 unspecified atom stereocenters. The minimum absolute atomic E-state index is 0.348. The summed E-state index contributed by atoms with van der Waals surface area (Å²) in [7, 11) is 0. The highest BCUT2D eigenvalue weighted by atomic mass is 32.1. The Morgan fingerprint density at radius 2 is 2.05 bits per heavy atom. The van der Waals surface area contributed by atoms with Gasteiger partial charge in [-0.15, -0.1) is 11.3 Å². The second-order valence-electron chi connectivity index (χ2n) is 3.73. The van der Waals surface area contributed by atoms with Gasteiger partial charge in [-0.05, 0) is 19.1 Å². The van der Waals surface area contributed by atoms with Gasteiger partial charge in [0.2, 0.25) is 5.91 Å². The largest absolute Gasteiger partial charge is 0.480 e. The van der Waals surface area contributed by atoms with Crippen molar-refractivity contribution >= 4 is 29.1 Å². The molecule has 0 spiro atoms. The number of thiophene rings is 1. The fourth-order valence-electron chi connectivity index (χ4n) is 1.24. The van der Waals surface area contributed by atoms with Gasteiger partial charge in [0.15, 0.2) is 0 Å². The normalized spacial score (nSPS) is 11.7. The molecule has 1 rings (SSSR count). The standard InChI is InChI=1S/C11H14N2O5S/c1-6-2-3-8(19-6)10(16)12-4-9(15)13-7(5-14)11(17)18/h2-3,7,14H,4-5H2,1H3,(H,12,16)(H,13,15)(H,17,18)/t7-/m1/s1. The molecule has 0 aliphatic heterocycles. The third kappa shape index (κ3) is 4.68. The van der Waals surface area contributed by atoms with E-state index in [9.17, 15) is 14.4 Å². The molecule has 1 heterocycles. The molecule has 0 bridgehead atoms. The number of hydrogen-bond acceptors (Lipinski definition) is 5. The van der Waals surface area contributed by atoms with Crippen molar-refractivity contribution in [3.8, 4) is 0 Å². The Kier molecular flexibility index (Phi) is 5.46. The van der Waals surface area contributed by atoms with Crippen LogP contribution in [0, 0.1) is 6.92 Å². The molecule has 104 valence electrons. The lowest BCUT2D eigenvalue weighted by molar-refractivity contribution is -0.142. The fourth-order valence-corrected chi connectivity index (χ4v) is 2.02. The van der Waals surface area contributed by atoms with Gasteiger partial charge in [0.1, 0.15) is 6.04 Å². The molecule has 0 aliphatic rings. The van der Waals surface area contributed by atoms with E-state index in [0.717, 1.165) is 4.88 Å². The topological polar surface area (TPSA) is 116 Å². The molecule has 19 heavy (non-hydrogen) atoms. The number of aliphatic carboxylic acids is 1. The highest BCUT2D eigenvalue weighted by Gasteiger charge is 2.19. The zero-order chi connectivity index (χ0) is 14.4. The lowest BCUT2D eigenvalue weighted by Gasteiger charge is -2.11. The summed E-state index contributed by atoms with van der Waals surface area (Å²) in [5, 5.41) is 21.8. The summed E-state index contributed by atoms with van der Waals surface area (Å²) in [5.74, 6) is -2.41. The Bertz CT molecular complexity index is 485. The first kappa shape index (κ1) is 15.1. The minimum Gasteiger partial charge on any atom is -0.480 e. The molecule has 0 aromatic carbocycles. The number of amides is 2. The monoisotopic (exact) mass is 286 g/mol. The second kappa shape index (κ2) is 6.86. The number of aliphatic hydroxyl groups is 1. The van der Waals surface area contributed by atoms with Crippen molar-refractivity contribution in [1.82, 2.24) is 10.6 Å². The molecule has 7 nitrogen and oxygen atoms in total. The molecule has 8 heteroatoms. The first-order valence-electron chi connectivity index (χ1n) is 5.41. The van der Waals surface area contributed by atoms with Crippen LogP contribution >= 0.6 is 11.3 Å². The van der Waals surface area contributed by atoms with Crippen LogP contribution in [0.25, 0.3) is 0 Å². The van der Waals surface area contributed by atoms with Crippen LogP contribution in [0.1, 0.15) is 14.5 Å². The van der Waals surface area contributed by atoms with Crippen molar-refractivity contribution in [2.45, 2.75) is 13.0 Å². The van der Waals surface area contributed by atoms with Crippen LogP contribution in [0.5, 0.6) is 0 Å². The summed E-state index contributed by atoms with van der Waals surface area (Å²) in [6.07, 6.45) is 0. The summed E-state index contributed by atoms with van der Waals surface area (Å²) >= 11 is 1.29. The average molecular weight is 286 g/mol. The van der Waals surface area contributed by atoms with E-state index < -0.39 is 30.4 Å². The van der Waals surface area contributed by atoms with E-state index in [4.69, 9.17) is 10.2 Å². The summed E-state index contributed by atoms with van der Waals surface area (Å²) < 4.78 is 0. The number of carbonyl (C=O) groups is 3. The lowest BCUT2D eigenvalue weighted by atomic mass is 10.3. The number of nitrogens with one attached hydrogen (secondary N) is 2. The van der Waals surface area contributed by atoms with Crippen molar-refractivity contribution in [3.05, 3.63) is 21.9 Å². The lowest BCUT2D eigenvalue weighted by Crippen LogP contribution is -2.47. The summed E-state index contributed by atoms with van der Waals surface area (Å²) in [5.41, 5.74) is 0. The van der Waals surface area contributed by atoms with Crippen LogP contribution in [-0.4, -0.2) is 47.2 Å². The molecule has 1 atom stereocenters. The summed E-state index contributed by atoms with van der Waals surface area (Å²) in [6.45, 7) is 0.797. The Hall–Kier alpha value is -1.93. The number of rotatable bonds is 6. The third-order valence-corrected chi connectivity index (χ3v) is 3.19. The Morgan fingerprint density at radius 3 is 2.53 bits per heavy atom. The number of carboxylic acids is 1. The van der Waals surface area contributed by atoms with Gasteiger partial charge in [0, 0.05) is 4.88 Å². The molecular weight excluding hydrogens is 272 g/mol. The van der Waals surface area contributed by atoms with E-state index in [-0.39, 0.29) is 6.54 Å². The molecule has 1 aromatic heterocycles. The number of aliphatic hydroxyl groups excluding tert-OH is 1. The molecule has 4 N–H and O–H groups in total. The zero-order valence-corrected chi connectivity index (χ0v) is 11.0.